The molecular formula is C42H29N7. The molecule has 0 N–H and O–H groups in total. The van der Waals surface area contributed by atoms with E-state index in [4.69, 9.17) is 0 Å². The van der Waals surface area contributed by atoms with E-state index in [1.165, 1.54) is 28.1 Å². The van der Waals surface area contributed by atoms with Crippen LogP contribution in [0.4, 0.5) is 17.1 Å². The van der Waals surface area contributed by atoms with Gasteiger partial charge in [0, 0.05) is 51.0 Å². The molecule has 0 aliphatic carbocycles. The zero-order chi connectivity index (χ0) is 32.6. The standard InChI is InChI=1S/C42H29N7/c1-3-11-30(12-4-1)41-45-46-42(38-27-28-43-29-44-38)49(41)35-25-21-33(22-26-35)47(31-13-5-2-6-14-31)32-19-23-34(24-20-32)48-39-17-9-7-15-36(39)37-16-8-10-18-40(37)48/h1-29H. The van der Waals surface area contributed by atoms with Crippen molar-refractivity contribution < 1.29 is 0 Å². The molecule has 0 unspecified atom stereocenters. The van der Waals surface area contributed by atoms with Crippen LogP contribution in [-0.2, 0) is 0 Å². The predicted molar refractivity (Wildman–Crippen MR) is 197 cm³/mol. The summed E-state index contributed by atoms with van der Waals surface area (Å²) in [5.41, 5.74) is 9.23. The highest BCUT2D eigenvalue weighted by Gasteiger charge is 2.20. The van der Waals surface area contributed by atoms with Crippen LogP contribution >= 0.6 is 0 Å². The van der Waals surface area contributed by atoms with Crippen molar-refractivity contribution >= 4 is 38.9 Å². The van der Waals surface area contributed by atoms with Crippen LogP contribution in [0.1, 0.15) is 0 Å². The molecule has 0 amide bonds. The molecule has 0 aliphatic rings. The highest BCUT2D eigenvalue weighted by Crippen LogP contribution is 2.38. The third-order valence-corrected chi connectivity index (χ3v) is 8.83. The maximum absolute atomic E-state index is 4.60. The molecule has 7 nitrogen and oxygen atoms in total. The molecule has 232 valence electrons. The lowest BCUT2D eigenvalue weighted by atomic mass is 10.1. The SMILES string of the molecule is c1ccc(-c2nnc(-c3ccncn3)n2-c2ccc(N(c3ccccc3)c3ccc(-n4c5ccccc5c5ccccc54)cc3)cc2)cc1. The highest BCUT2D eigenvalue weighted by molar-refractivity contribution is 6.09. The average Bonchev–Trinajstić information content (AvgIpc) is 3.77. The third kappa shape index (κ3) is 5.01. The Balaban J connectivity index is 1.13. The number of benzene rings is 6. The minimum absolute atomic E-state index is 0.648. The first kappa shape index (κ1) is 28.4. The second-order valence-corrected chi connectivity index (χ2v) is 11.7. The van der Waals surface area contributed by atoms with Crippen molar-refractivity contribution in [1.82, 2.24) is 29.3 Å². The van der Waals surface area contributed by atoms with Gasteiger partial charge >= 0.3 is 0 Å². The van der Waals surface area contributed by atoms with Crippen LogP contribution < -0.4 is 4.90 Å². The number of nitrogens with zero attached hydrogens (tertiary/aromatic N) is 7. The lowest BCUT2D eigenvalue weighted by molar-refractivity contribution is 1.04. The summed E-state index contributed by atoms with van der Waals surface area (Å²) in [6, 6.07) is 56.9. The van der Waals surface area contributed by atoms with Crippen LogP contribution in [0.2, 0.25) is 0 Å². The normalized spacial score (nSPS) is 11.3. The number of para-hydroxylation sites is 3. The topological polar surface area (TPSA) is 64.7 Å². The Morgan fingerprint density at radius 1 is 0.429 bits per heavy atom. The Morgan fingerprint density at radius 2 is 0.939 bits per heavy atom. The molecule has 9 rings (SSSR count). The number of fused-ring (bicyclic) bond motifs is 3. The monoisotopic (exact) mass is 631 g/mol. The van der Waals surface area contributed by atoms with E-state index in [1.807, 2.05) is 42.5 Å². The Morgan fingerprint density at radius 3 is 1.53 bits per heavy atom. The van der Waals surface area contributed by atoms with E-state index in [9.17, 15) is 0 Å². The molecule has 49 heavy (non-hydrogen) atoms. The number of hydrogen-bond donors (Lipinski definition) is 0. The fourth-order valence-electron chi connectivity index (χ4n) is 6.62. The van der Waals surface area contributed by atoms with Crippen LogP contribution in [0.5, 0.6) is 0 Å². The summed E-state index contributed by atoms with van der Waals surface area (Å²) in [6.45, 7) is 0. The van der Waals surface area contributed by atoms with E-state index >= 15 is 0 Å². The summed E-state index contributed by atoms with van der Waals surface area (Å²) in [5, 5.41) is 11.7. The molecule has 0 aliphatic heterocycles. The van der Waals surface area contributed by atoms with Crippen molar-refractivity contribution in [2.45, 2.75) is 0 Å². The van der Waals surface area contributed by atoms with Crippen molar-refractivity contribution in [3.8, 4) is 34.3 Å². The minimum atomic E-state index is 0.648. The third-order valence-electron chi connectivity index (χ3n) is 8.83. The van der Waals surface area contributed by atoms with Gasteiger partial charge in [0.1, 0.15) is 12.0 Å². The van der Waals surface area contributed by atoms with Crippen LogP contribution in [0.3, 0.4) is 0 Å². The van der Waals surface area contributed by atoms with E-state index in [1.54, 1.807) is 6.20 Å². The summed E-state index contributed by atoms with van der Waals surface area (Å²) >= 11 is 0. The van der Waals surface area contributed by atoms with Gasteiger partial charge in [-0.05, 0) is 78.9 Å². The molecule has 0 saturated carbocycles. The van der Waals surface area contributed by atoms with E-state index in [2.05, 4.69) is 156 Å². The van der Waals surface area contributed by atoms with Crippen LogP contribution in [-0.4, -0.2) is 29.3 Å². The molecule has 0 bridgehead atoms. The summed E-state index contributed by atoms with van der Waals surface area (Å²) in [6.07, 6.45) is 3.25. The van der Waals surface area contributed by atoms with E-state index in [-0.39, 0.29) is 0 Å². The number of hydrogen-bond acceptors (Lipinski definition) is 5. The van der Waals surface area contributed by atoms with Gasteiger partial charge in [-0.1, -0.05) is 84.9 Å². The van der Waals surface area contributed by atoms with Crippen LogP contribution in [0.25, 0.3) is 56.1 Å². The molecule has 6 aromatic carbocycles. The minimum Gasteiger partial charge on any atom is -0.311 e. The lowest BCUT2D eigenvalue weighted by Crippen LogP contribution is -2.10. The van der Waals surface area contributed by atoms with Gasteiger partial charge in [0.25, 0.3) is 0 Å². The lowest BCUT2D eigenvalue weighted by Gasteiger charge is -2.26. The van der Waals surface area contributed by atoms with Gasteiger partial charge in [-0.3, -0.25) is 4.57 Å². The van der Waals surface area contributed by atoms with Gasteiger partial charge in [-0.2, -0.15) is 0 Å². The summed E-state index contributed by atoms with van der Waals surface area (Å²) in [5.74, 6) is 1.39. The second-order valence-electron chi connectivity index (χ2n) is 11.7. The van der Waals surface area contributed by atoms with Gasteiger partial charge in [-0.25, -0.2) is 9.97 Å². The van der Waals surface area contributed by atoms with E-state index in [0.717, 1.165) is 39.8 Å². The fourth-order valence-corrected chi connectivity index (χ4v) is 6.62. The van der Waals surface area contributed by atoms with Gasteiger partial charge in [0.2, 0.25) is 0 Å². The van der Waals surface area contributed by atoms with Crippen molar-refractivity contribution in [3.63, 3.8) is 0 Å². The zero-order valence-electron chi connectivity index (χ0n) is 26.4. The number of aromatic nitrogens is 6. The van der Waals surface area contributed by atoms with Crippen molar-refractivity contribution in [3.05, 3.63) is 176 Å². The van der Waals surface area contributed by atoms with E-state index in [0.29, 0.717) is 11.5 Å². The molecule has 3 aromatic heterocycles. The van der Waals surface area contributed by atoms with Crippen molar-refractivity contribution in [2.24, 2.45) is 0 Å². The van der Waals surface area contributed by atoms with Crippen molar-refractivity contribution in [1.29, 1.82) is 0 Å². The second kappa shape index (κ2) is 12.1. The molecule has 7 heteroatoms. The summed E-state index contributed by atoms with van der Waals surface area (Å²) in [4.78, 5) is 10.9. The van der Waals surface area contributed by atoms with Gasteiger partial charge in [-0.15, -0.1) is 10.2 Å². The number of anilines is 3. The quantitative estimate of drug-likeness (QED) is 0.175. The van der Waals surface area contributed by atoms with Crippen LogP contribution in [0, 0.1) is 0 Å². The molecule has 0 fully saturated rings. The van der Waals surface area contributed by atoms with Gasteiger partial charge in [0.15, 0.2) is 11.6 Å². The average molecular weight is 632 g/mol. The first-order valence-corrected chi connectivity index (χ1v) is 16.1. The first-order valence-electron chi connectivity index (χ1n) is 16.1. The predicted octanol–water partition coefficient (Wildman–Crippen LogP) is 9.96. The Labute approximate surface area is 283 Å². The molecule has 0 radical (unpaired) electrons. The van der Waals surface area contributed by atoms with Gasteiger partial charge < -0.3 is 9.47 Å². The van der Waals surface area contributed by atoms with Crippen LogP contribution in [0.15, 0.2) is 176 Å². The molecule has 0 spiro atoms. The summed E-state index contributed by atoms with van der Waals surface area (Å²) in [7, 11) is 0. The molecule has 9 aromatic rings. The molecule has 0 atom stereocenters. The largest absolute Gasteiger partial charge is 0.311 e. The molecule has 3 heterocycles. The smallest absolute Gasteiger partial charge is 0.187 e. The first-order chi connectivity index (χ1) is 24.3. The highest BCUT2D eigenvalue weighted by atomic mass is 15.3. The zero-order valence-corrected chi connectivity index (χ0v) is 26.4. The summed E-state index contributed by atoms with van der Waals surface area (Å²) < 4.78 is 4.39. The van der Waals surface area contributed by atoms with Crippen molar-refractivity contribution in [2.75, 3.05) is 4.90 Å². The Hall–Kier alpha value is -6.86. The molecule has 0 saturated heterocycles. The fraction of sp³-hybridized carbons (Fsp3) is 0. The maximum atomic E-state index is 4.60. The molecular weight excluding hydrogens is 603 g/mol. The number of rotatable bonds is 7. The van der Waals surface area contributed by atoms with Gasteiger partial charge in [0.05, 0.1) is 11.0 Å². The Bertz CT molecular complexity index is 2410. The van der Waals surface area contributed by atoms with E-state index < -0.39 is 0 Å². The maximum Gasteiger partial charge on any atom is 0.187 e. The Kier molecular flexibility index (Phi) is 6.98.